The van der Waals surface area contributed by atoms with E-state index in [0.29, 0.717) is 0 Å². The summed E-state index contributed by atoms with van der Waals surface area (Å²) in [5.41, 5.74) is 6.95. The molecule has 2 N–H and O–H groups in total. The van der Waals surface area contributed by atoms with Crippen LogP contribution in [0.5, 0.6) is 11.5 Å². The van der Waals surface area contributed by atoms with Gasteiger partial charge in [-0.05, 0) is 25.1 Å². The fourth-order valence-electron chi connectivity index (χ4n) is 2.89. The van der Waals surface area contributed by atoms with Gasteiger partial charge in [0.15, 0.2) is 0 Å². The van der Waals surface area contributed by atoms with Gasteiger partial charge >= 0.3 is 0 Å². The number of benzene rings is 1. The van der Waals surface area contributed by atoms with Crippen LogP contribution in [0.15, 0.2) is 18.2 Å². The predicted octanol–water partition coefficient (Wildman–Crippen LogP) is 1.33. The minimum absolute atomic E-state index is 0.114. The summed E-state index contributed by atoms with van der Waals surface area (Å²) in [6, 6.07) is 5.72. The van der Waals surface area contributed by atoms with Gasteiger partial charge in [-0.2, -0.15) is 0 Å². The number of nitrogens with two attached hydrogens (primary N) is 1. The van der Waals surface area contributed by atoms with Gasteiger partial charge in [-0.3, -0.25) is 9.69 Å². The van der Waals surface area contributed by atoms with E-state index < -0.39 is 0 Å². The summed E-state index contributed by atoms with van der Waals surface area (Å²) in [6.07, 6.45) is 0. The van der Waals surface area contributed by atoms with Crippen molar-refractivity contribution < 1.29 is 14.3 Å². The van der Waals surface area contributed by atoms with Crippen molar-refractivity contribution in [3.8, 4) is 11.5 Å². The average Bonchev–Trinajstić information content (AvgIpc) is 2.60. The monoisotopic (exact) mass is 335 g/mol. The molecule has 134 valence electrons. The number of rotatable bonds is 6. The maximum absolute atomic E-state index is 12.4. The molecule has 1 aromatic rings. The second kappa shape index (κ2) is 8.35. The van der Waals surface area contributed by atoms with Crippen LogP contribution in [-0.2, 0) is 11.3 Å². The average molecular weight is 335 g/mol. The highest BCUT2D eigenvalue weighted by Gasteiger charge is 2.27. The van der Waals surface area contributed by atoms with Crippen LogP contribution in [0.1, 0.15) is 19.4 Å². The molecular formula is C18H29N3O3. The zero-order chi connectivity index (χ0) is 17.7. The molecule has 1 heterocycles. The molecule has 2 rings (SSSR count). The van der Waals surface area contributed by atoms with Crippen molar-refractivity contribution in [1.82, 2.24) is 9.80 Å². The van der Waals surface area contributed by atoms with Gasteiger partial charge in [-0.15, -0.1) is 0 Å². The molecule has 1 fully saturated rings. The van der Waals surface area contributed by atoms with E-state index in [1.165, 1.54) is 0 Å². The van der Waals surface area contributed by atoms with Gasteiger partial charge in [0.1, 0.15) is 11.5 Å². The highest BCUT2D eigenvalue weighted by Crippen LogP contribution is 2.25. The molecule has 1 aliphatic heterocycles. The van der Waals surface area contributed by atoms with Gasteiger partial charge in [0.25, 0.3) is 0 Å². The number of nitrogens with zero attached hydrogens (tertiary/aromatic N) is 2. The zero-order valence-corrected chi connectivity index (χ0v) is 15.1. The Kier molecular flexibility index (Phi) is 6.45. The molecule has 24 heavy (non-hydrogen) atoms. The van der Waals surface area contributed by atoms with Crippen LogP contribution >= 0.6 is 0 Å². The van der Waals surface area contributed by atoms with Crippen LogP contribution in [-0.4, -0.2) is 62.1 Å². The van der Waals surface area contributed by atoms with E-state index in [-0.39, 0.29) is 17.9 Å². The summed E-state index contributed by atoms with van der Waals surface area (Å²) in [4.78, 5) is 16.6. The van der Waals surface area contributed by atoms with E-state index in [1.807, 2.05) is 36.9 Å². The molecule has 1 aliphatic rings. The SMILES string of the molecule is COc1ccc(OC)c(CN2CCN(C(=O)C(C)C(C)N)CC2)c1. The number of carbonyl (C=O) groups excluding carboxylic acids is 1. The number of carbonyl (C=O) groups is 1. The molecule has 0 bridgehead atoms. The van der Waals surface area contributed by atoms with Crippen molar-refractivity contribution in [3.05, 3.63) is 23.8 Å². The van der Waals surface area contributed by atoms with Gasteiger partial charge in [-0.1, -0.05) is 6.92 Å². The van der Waals surface area contributed by atoms with Crippen molar-refractivity contribution in [2.24, 2.45) is 11.7 Å². The smallest absolute Gasteiger partial charge is 0.227 e. The molecule has 2 unspecified atom stereocenters. The summed E-state index contributed by atoms with van der Waals surface area (Å²) in [5, 5.41) is 0. The van der Waals surface area contributed by atoms with Crippen molar-refractivity contribution in [1.29, 1.82) is 0 Å². The van der Waals surface area contributed by atoms with Crippen molar-refractivity contribution >= 4 is 5.91 Å². The Labute approximate surface area is 144 Å². The van der Waals surface area contributed by atoms with E-state index >= 15 is 0 Å². The highest BCUT2D eigenvalue weighted by molar-refractivity contribution is 5.79. The largest absolute Gasteiger partial charge is 0.497 e. The third-order valence-corrected chi connectivity index (χ3v) is 4.74. The van der Waals surface area contributed by atoms with E-state index in [1.54, 1.807) is 14.2 Å². The first-order chi connectivity index (χ1) is 11.5. The minimum Gasteiger partial charge on any atom is -0.497 e. The van der Waals surface area contributed by atoms with Crippen LogP contribution < -0.4 is 15.2 Å². The lowest BCUT2D eigenvalue weighted by Crippen LogP contribution is -2.51. The predicted molar refractivity (Wildman–Crippen MR) is 94.2 cm³/mol. The quantitative estimate of drug-likeness (QED) is 0.849. The first-order valence-electron chi connectivity index (χ1n) is 8.44. The third kappa shape index (κ3) is 4.39. The molecule has 6 nitrogen and oxygen atoms in total. The van der Waals surface area contributed by atoms with Gasteiger partial charge in [0, 0.05) is 44.3 Å². The van der Waals surface area contributed by atoms with Crippen molar-refractivity contribution in [2.75, 3.05) is 40.4 Å². The summed E-state index contributed by atoms with van der Waals surface area (Å²) >= 11 is 0. The van der Waals surface area contributed by atoms with Gasteiger partial charge in [0.05, 0.1) is 20.1 Å². The fourth-order valence-corrected chi connectivity index (χ4v) is 2.89. The molecular weight excluding hydrogens is 306 g/mol. The lowest BCUT2D eigenvalue weighted by Gasteiger charge is -2.36. The van der Waals surface area contributed by atoms with Crippen molar-refractivity contribution in [3.63, 3.8) is 0 Å². The van der Waals surface area contributed by atoms with E-state index in [2.05, 4.69) is 4.90 Å². The number of amides is 1. The molecule has 0 saturated carbocycles. The minimum atomic E-state index is -0.130. The first-order valence-corrected chi connectivity index (χ1v) is 8.44. The van der Waals surface area contributed by atoms with Gasteiger partial charge in [-0.25, -0.2) is 0 Å². The number of ether oxygens (including phenoxy) is 2. The second-order valence-electron chi connectivity index (χ2n) is 6.43. The maximum atomic E-state index is 12.4. The van der Waals surface area contributed by atoms with Crippen LogP contribution in [0.3, 0.4) is 0 Å². The van der Waals surface area contributed by atoms with Crippen LogP contribution in [0, 0.1) is 5.92 Å². The number of piperazine rings is 1. The van der Waals surface area contributed by atoms with E-state index in [9.17, 15) is 4.79 Å². The topological polar surface area (TPSA) is 68.0 Å². The molecule has 0 aliphatic carbocycles. The number of hydrogen-bond donors (Lipinski definition) is 1. The number of hydrogen-bond acceptors (Lipinski definition) is 5. The lowest BCUT2D eigenvalue weighted by atomic mass is 10.0. The highest BCUT2D eigenvalue weighted by atomic mass is 16.5. The molecule has 0 aromatic heterocycles. The van der Waals surface area contributed by atoms with Crippen LogP contribution in [0.4, 0.5) is 0 Å². The zero-order valence-electron chi connectivity index (χ0n) is 15.1. The molecule has 2 atom stereocenters. The molecule has 0 radical (unpaired) electrons. The number of methoxy groups -OCH3 is 2. The van der Waals surface area contributed by atoms with Crippen LogP contribution in [0.25, 0.3) is 0 Å². The summed E-state index contributed by atoms with van der Waals surface area (Å²) in [5.74, 6) is 1.71. The van der Waals surface area contributed by atoms with E-state index in [4.69, 9.17) is 15.2 Å². The van der Waals surface area contributed by atoms with Crippen LogP contribution in [0.2, 0.25) is 0 Å². The molecule has 1 aromatic carbocycles. The summed E-state index contributed by atoms with van der Waals surface area (Å²) in [7, 11) is 3.34. The van der Waals surface area contributed by atoms with Gasteiger partial charge in [0.2, 0.25) is 5.91 Å². The summed E-state index contributed by atoms with van der Waals surface area (Å²) < 4.78 is 10.7. The van der Waals surface area contributed by atoms with Gasteiger partial charge < -0.3 is 20.1 Å². The molecule has 1 saturated heterocycles. The molecule has 0 spiro atoms. The Balaban J connectivity index is 1.95. The first kappa shape index (κ1) is 18.5. The fraction of sp³-hybridized carbons (Fsp3) is 0.611. The summed E-state index contributed by atoms with van der Waals surface area (Å²) in [6.45, 7) is 7.74. The molecule has 1 amide bonds. The lowest BCUT2D eigenvalue weighted by molar-refractivity contribution is -0.137. The Morgan fingerprint density at radius 3 is 2.38 bits per heavy atom. The van der Waals surface area contributed by atoms with Crippen molar-refractivity contribution in [2.45, 2.75) is 26.4 Å². The second-order valence-corrected chi connectivity index (χ2v) is 6.43. The normalized spacial score (nSPS) is 18.1. The third-order valence-electron chi connectivity index (χ3n) is 4.74. The molecule has 6 heteroatoms. The Bertz CT molecular complexity index is 554. The van der Waals surface area contributed by atoms with E-state index in [0.717, 1.165) is 49.8 Å². The Hall–Kier alpha value is -1.79. The maximum Gasteiger partial charge on any atom is 0.227 e. The Morgan fingerprint density at radius 2 is 1.83 bits per heavy atom. The Morgan fingerprint density at radius 1 is 1.17 bits per heavy atom. The standard InChI is InChI=1S/C18H29N3O3/c1-13(14(2)19)18(22)21-9-7-20(8-10-21)12-15-11-16(23-3)5-6-17(15)24-4/h5-6,11,13-14H,7-10,12,19H2,1-4H3.